The Morgan fingerprint density at radius 1 is 1.05 bits per heavy atom. The molecule has 0 aliphatic heterocycles. The van der Waals surface area contributed by atoms with E-state index in [0.29, 0.717) is 5.92 Å². The van der Waals surface area contributed by atoms with Crippen LogP contribution in [-0.2, 0) is 0 Å². The van der Waals surface area contributed by atoms with E-state index in [1.54, 1.807) is 0 Å². The highest BCUT2D eigenvalue weighted by Crippen LogP contribution is 2.39. The van der Waals surface area contributed by atoms with Crippen molar-refractivity contribution >= 4 is 15.9 Å². The molecule has 3 unspecified atom stereocenters. The summed E-state index contributed by atoms with van der Waals surface area (Å²) in [5.74, 6) is 2.27. The maximum absolute atomic E-state index is 6.57. The minimum atomic E-state index is 0.190. The van der Waals surface area contributed by atoms with E-state index in [0.717, 1.165) is 11.8 Å². The predicted molar refractivity (Wildman–Crippen MR) is 86.2 cm³/mol. The molecule has 1 nitrogen and oxygen atoms in total. The van der Waals surface area contributed by atoms with Crippen molar-refractivity contribution < 1.29 is 0 Å². The minimum absolute atomic E-state index is 0.190. The van der Waals surface area contributed by atoms with Crippen LogP contribution >= 0.6 is 15.9 Å². The molecule has 0 aromatic heterocycles. The van der Waals surface area contributed by atoms with Gasteiger partial charge in [-0.05, 0) is 67.6 Å². The van der Waals surface area contributed by atoms with Gasteiger partial charge < -0.3 is 5.73 Å². The summed E-state index contributed by atoms with van der Waals surface area (Å²) in [6, 6.07) is 4.70. The Kier molecular flexibility index (Phi) is 4.73. The molecule has 1 fully saturated rings. The van der Waals surface area contributed by atoms with E-state index in [-0.39, 0.29) is 6.04 Å². The van der Waals surface area contributed by atoms with Crippen LogP contribution in [0.25, 0.3) is 0 Å². The van der Waals surface area contributed by atoms with Crippen LogP contribution in [0, 0.1) is 31.6 Å². The standard InChI is InChI=1S/C17H26BrN/c1-10-5-11(2)7-14(6-10)17(19)15-8-12(3)16(18)13(4)9-15/h8-11,14,17H,5-7,19H2,1-4H3. The van der Waals surface area contributed by atoms with Crippen molar-refractivity contribution in [3.63, 3.8) is 0 Å². The Hall–Kier alpha value is -0.340. The molecule has 0 spiro atoms. The number of halogens is 1. The SMILES string of the molecule is Cc1cc(C(N)C2CC(C)CC(C)C2)cc(C)c1Br. The molecule has 0 amide bonds. The molecule has 2 rings (SSSR count). The van der Waals surface area contributed by atoms with Gasteiger partial charge in [0.25, 0.3) is 0 Å². The van der Waals surface area contributed by atoms with Crippen molar-refractivity contribution in [3.8, 4) is 0 Å². The van der Waals surface area contributed by atoms with Gasteiger partial charge in [-0.1, -0.05) is 41.9 Å². The van der Waals surface area contributed by atoms with E-state index >= 15 is 0 Å². The average molecular weight is 324 g/mol. The molecular weight excluding hydrogens is 298 g/mol. The van der Waals surface area contributed by atoms with Gasteiger partial charge in [-0.2, -0.15) is 0 Å². The quantitative estimate of drug-likeness (QED) is 0.801. The Morgan fingerprint density at radius 2 is 1.53 bits per heavy atom. The number of hydrogen-bond acceptors (Lipinski definition) is 1. The fourth-order valence-electron chi connectivity index (χ4n) is 3.75. The van der Waals surface area contributed by atoms with Gasteiger partial charge in [-0.3, -0.25) is 0 Å². The van der Waals surface area contributed by atoms with Crippen LogP contribution in [0.2, 0.25) is 0 Å². The van der Waals surface area contributed by atoms with Crippen molar-refractivity contribution in [2.75, 3.05) is 0 Å². The first-order chi connectivity index (χ1) is 8.88. The van der Waals surface area contributed by atoms with Gasteiger partial charge in [0, 0.05) is 10.5 Å². The van der Waals surface area contributed by atoms with E-state index in [1.165, 1.54) is 40.4 Å². The van der Waals surface area contributed by atoms with Crippen molar-refractivity contribution in [2.24, 2.45) is 23.5 Å². The van der Waals surface area contributed by atoms with E-state index in [4.69, 9.17) is 5.73 Å². The third-order valence-corrected chi connectivity index (χ3v) is 5.82. The summed E-state index contributed by atoms with van der Waals surface area (Å²) in [4.78, 5) is 0. The molecule has 2 N–H and O–H groups in total. The van der Waals surface area contributed by atoms with Crippen LogP contribution in [0.15, 0.2) is 16.6 Å². The summed E-state index contributed by atoms with van der Waals surface area (Å²) < 4.78 is 1.22. The molecule has 0 saturated heterocycles. The van der Waals surface area contributed by atoms with E-state index < -0.39 is 0 Å². The second kappa shape index (κ2) is 5.97. The topological polar surface area (TPSA) is 26.0 Å². The maximum Gasteiger partial charge on any atom is 0.0323 e. The van der Waals surface area contributed by atoms with E-state index in [9.17, 15) is 0 Å². The number of aryl methyl sites for hydroxylation is 2. The molecule has 1 aliphatic rings. The van der Waals surface area contributed by atoms with Crippen LogP contribution < -0.4 is 5.73 Å². The first kappa shape index (κ1) is 15.1. The lowest BCUT2D eigenvalue weighted by atomic mass is 9.72. The zero-order valence-corrected chi connectivity index (χ0v) is 14.1. The van der Waals surface area contributed by atoms with Crippen LogP contribution in [0.1, 0.15) is 55.8 Å². The number of hydrogen-bond donors (Lipinski definition) is 1. The maximum atomic E-state index is 6.57. The molecular formula is C17H26BrN. The molecule has 1 aliphatic carbocycles. The van der Waals surface area contributed by atoms with Crippen LogP contribution in [0.5, 0.6) is 0 Å². The number of rotatable bonds is 2. The van der Waals surface area contributed by atoms with Gasteiger partial charge in [0.05, 0.1) is 0 Å². The largest absolute Gasteiger partial charge is 0.324 e. The van der Waals surface area contributed by atoms with Gasteiger partial charge in [0.2, 0.25) is 0 Å². The average Bonchev–Trinajstić information content (AvgIpc) is 2.33. The number of benzene rings is 1. The Labute approximate surface area is 126 Å². The highest BCUT2D eigenvalue weighted by Gasteiger charge is 2.29. The van der Waals surface area contributed by atoms with Gasteiger partial charge in [0.15, 0.2) is 0 Å². The van der Waals surface area contributed by atoms with Crippen molar-refractivity contribution in [1.82, 2.24) is 0 Å². The summed E-state index contributed by atoms with van der Waals surface area (Å²) in [6.45, 7) is 9.04. The molecule has 1 aromatic carbocycles. The smallest absolute Gasteiger partial charge is 0.0323 e. The molecule has 2 heteroatoms. The fraction of sp³-hybridized carbons (Fsp3) is 0.647. The lowest BCUT2D eigenvalue weighted by Gasteiger charge is -2.35. The molecule has 1 aromatic rings. The van der Waals surface area contributed by atoms with Gasteiger partial charge in [0.1, 0.15) is 0 Å². The molecule has 3 atom stereocenters. The van der Waals surface area contributed by atoms with Crippen LogP contribution in [-0.4, -0.2) is 0 Å². The second-order valence-corrected chi connectivity index (χ2v) is 7.46. The lowest BCUT2D eigenvalue weighted by Crippen LogP contribution is -2.29. The Bertz CT molecular complexity index is 422. The van der Waals surface area contributed by atoms with Gasteiger partial charge >= 0.3 is 0 Å². The Balaban J connectivity index is 2.21. The van der Waals surface area contributed by atoms with Gasteiger partial charge in [-0.25, -0.2) is 0 Å². The highest BCUT2D eigenvalue weighted by molar-refractivity contribution is 9.10. The first-order valence-corrected chi connectivity index (χ1v) is 8.20. The van der Waals surface area contributed by atoms with Crippen molar-refractivity contribution in [2.45, 2.75) is 53.0 Å². The molecule has 1 saturated carbocycles. The summed E-state index contributed by atoms with van der Waals surface area (Å²) in [7, 11) is 0. The van der Waals surface area contributed by atoms with Crippen LogP contribution in [0.4, 0.5) is 0 Å². The minimum Gasteiger partial charge on any atom is -0.324 e. The first-order valence-electron chi connectivity index (χ1n) is 7.40. The second-order valence-electron chi connectivity index (χ2n) is 6.67. The zero-order valence-electron chi connectivity index (χ0n) is 12.5. The summed E-state index contributed by atoms with van der Waals surface area (Å²) >= 11 is 3.64. The molecule has 0 bridgehead atoms. The zero-order chi connectivity index (χ0) is 14.2. The fourth-order valence-corrected chi connectivity index (χ4v) is 3.98. The van der Waals surface area contributed by atoms with E-state index in [2.05, 4.69) is 55.8 Å². The molecule has 0 radical (unpaired) electrons. The normalized spacial score (nSPS) is 29.3. The van der Waals surface area contributed by atoms with E-state index in [1.807, 2.05) is 0 Å². The summed E-state index contributed by atoms with van der Waals surface area (Å²) in [5.41, 5.74) is 10.5. The monoisotopic (exact) mass is 323 g/mol. The predicted octanol–water partition coefficient (Wildman–Crippen LogP) is 5.14. The lowest BCUT2D eigenvalue weighted by molar-refractivity contribution is 0.193. The molecule has 19 heavy (non-hydrogen) atoms. The summed E-state index contributed by atoms with van der Waals surface area (Å²) in [6.07, 6.45) is 3.92. The van der Waals surface area contributed by atoms with Gasteiger partial charge in [-0.15, -0.1) is 0 Å². The van der Waals surface area contributed by atoms with Crippen molar-refractivity contribution in [3.05, 3.63) is 33.3 Å². The van der Waals surface area contributed by atoms with Crippen molar-refractivity contribution in [1.29, 1.82) is 0 Å². The van der Waals surface area contributed by atoms with Crippen LogP contribution in [0.3, 0.4) is 0 Å². The molecule has 0 heterocycles. The Morgan fingerprint density at radius 3 is 2.00 bits per heavy atom. The third kappa shape index (κ3) is 3.41. The highest BCUT2D eigenvalue weighted by atomic mass is 79.9. The summed E-state index contributed by atoms with van der Waals surface area (Å²) in [5, 5.41) is 0. The third-order valence-electron chi connectivity index (χ3n) is 4.57. The number of nitrogens with two attached hydrogens (primary N) is 1. The molecule has 106 valence electrons.